The molecule has 23 heavy (non-hydrogen) atoms. The van der Waals surface area contributed by atoms with Crippen molar-refractivity contribution in [1.82, 2.24) is 4.98 Å². The van der Waals surface area contributed by atoms with Gasteiger partial charge in [0.2, 0.25) is 5.91 Å². The van der Waals surface area contributed by atoms with Gasteiger partial charge in [0, 0.05) is 17.1 Å². The van der Waals surface area contributed by atoms with E-state index in [-0.39, 0.29) is 6.61 Å². The molecule has 0 spiro atoms. The first kappa shape index (κ1) is 14.7. The first-order chi connectivity index (χ1) is 11.1. The minimum absolute atomic E-state index is 0.120. The summed E-state index contributed by atoms with van der Waals surface area (Å²) in [6.45, 7) is 0.120. The molecule has 3 rings (SSSR count). The number of carbonyl (C=O) groups is 2. The quantitative estimate of drug-likeness (QED) is 0.751. The third-order valence-electron chi connectivity index (χ3n) is 3.47. The van der Waals surface area contributed by atoms with Crippen LogP contribution in [0.25, 0.3) is 10.9 Å². The summed E-state index contributed by atoms with van der Waals surface area (Å²) in [4.78, 5) is 27.5. The van der Waals surface area contributed by atoms with Gasteiger partial charge in [0.25, 0.3) is 0 Å². The number of pyridine rings is 1. The molecule has 5 nitrogen and oxygen atoms in total. The lowest BCUT2D eigenvalue weighted by molar-refractivity contribution is 0.0475. The number of aromatic nitrogens is 1. The van der Waals surface area contributed by atoms with E-state index in [2.05, 4.69) is 4.98 Å². The Balaban J connectivity index is 1.75. The average molecular weight is 306 g/mol. The van der Waals surface area contributed by atoms with Crippen molar-refractivity contribution in [2.45, 2.75) is 6.61 Å². The van der Waals surface area contributed by atoms with Crippen molar-refractivity contribution in [3.05, 3.63) is 77.5 Å². The number of nitrogens with zero attached hydrogens (tertiary/aromatic N) is 1. The number of rotatable bonds is 4. The summed E-state index contributed by atoms with van der Waals surface area (Å²) >= 11 is 0. The van der Waals surface area contributed by atoms with E-state index in [4.69, 9.17) is 10.5 Å². The molecule has 0 aliphatic rings. The number of fused-ring (bicyclic) bond motifs is 1. The highest BCUT2D eigenvalue weighted by molar-refractivity contribution is 6.03. The van der Waals surface area contributed by atoms with Crippen LogP contribution in [0.3, 0.4) is 0 Å². The molecular formula is C18H14N2O3. The fourth-order valence-electron chi connectivity index (χ4n) is 2.27. The molecule has 0 saturated carbocycles. The van der Waals surface area contributed by atoms with E-state index in [1.54, 1.807) is 48.7 Å². The SMILES string of the molecule is NC(=O)c1ccc(COC(=O)c2cccc3ncccc23)cc1. The first-order valence-corrected chi connectivity index (χ1v) is 7.05. The minimum atomic E-state index is -0.489. The van der Waals surface area contributed by atoms with Gasteiger partial charge < -0.3 is 10.5 Å². The lowest BCUT2D eigenvalue weighted by Gasteiger charge is -2.07. The van der Waals surface area contributed by atoms with Gasteiger partial charge >= 0.3 is 5.97 Å². The number of nitrogens with two attached hydrogens (primary N) is 1. The topological polar surface area (TPSA) is 82.3 Å². The lowest BCUT2D eigenvalue weighted by Crippen LogP contribution is -2.11. The van der Waals surface area contributed by atoms with Crippen LogP contribution in [0.1, 0.15) is 26.3 Å². The Hall–Kier alpha value is -3.21. The molecule has 2 aromatic carbocycles. The van der Waals surface area contributed by atoms with Gasteiger partial charge in [-0.3, -0.25) is 9.78 Å². The molecule has 0 bridgehead atoms. The van der Waals surface area contributed by atoms with E-state index < -0.39 is 11.9 Å². The highest BCUT2D eigenvalue weighted by Crippen LogP contribution is 2.18. The maximum atomic E-state index is 12.3. The van der Waals surface area contributed by atoms with Crippen LogP contribution in [0.4, 0.5) is 0 Å². The minimum Gasteiger partial charge on any atom is -0.457 e. The van der Waals surface area contributed by atoms with Crippen molar-refractivity contribution in [1.29, 1.82) is 0 Å². The van der Waals surface area contributed by atoms with Crippen molar-refractivity contribution in [3.8, 4) is 0 Å². The summed E-state index contributed by atoms with van der Waals surface area (Å²) in [6.07, 6.45) is 1.68. The zero-order chi connectivity index (χ0) is 16.2. The molecule has 3 aromatic rings. The van der Waals surface area contributed by atoms with E-state index in [1.165, 1.54) is 0 Å². The maximum Gasteiger partial charge on any atom is 0.339 e. The molecule has 0 atom stereocenters. The summed E-state index contributed by atoms with van der Waals surface area (Å²) in [6, 6.07) is 15.6. The van der Waals surface area contributed by atoms with Gasteiger partial charge in [-0.1, -0.05) is 24.3 Å². The molecule has 0 saturated heterocycles. The predicted octanol–water partition coefficient (Wildman–Crippen LogP) is 2.69. The van der Waals surface area contributed by atoms with Crippen LogP contribution in [-0.2, 0) is 11.3 Å². The summed E-state index contributed by atoms with van der Waals surface area (Å²) in [7, 11) is 0. The molecule has 114 valence electrons. The van der Waals surface area contributed by atoms with Crippen molar-refractivity contribution < 1.29 is 14.3 Å². The second-order valence-corrected chi connectivity index (χ2v) is 5.01. The summed E-state index contributed by atoms with van der Waals surface area (Å²) < 4.78 is 5.34. The van der Waals surface area contributed by atoms with Crippen molar-refractivity contribution in [2.24, 2.45) is 5.73 Å². The van der Waals surface area contributed by atoms with E-state index in [0.29, 0.717) is 11.1 Å². The molecule has 0 radical (unpaired) electrons. The fraction of sp³-hybridized carbons (Fsp3) is 0.0556. The van der Waals surface area contributed by atoms with Gasteiger partial charge in [-0.15, -0.1) is 0 Å². The zero-order valence-electron chi connectivity index (χ0n) is 12.2. The van der Waals surface area contributed by atoms with Crippen LogP contribution in [0.2, 0.25) is 0 Å². The van der Waals surface area contributed by atoms with Crippen LogP contribution in [0.15, 0.2) is 60.8 Å². The Morgan fingerprint density at radius 2 is 1.78 bits per heavy atom. The molecule has 0 unspecified atom stereocenters. The number of benzene rings is 2. The standard InChI is InChI=1S/C18H14N2O3/c19-17(21)13-8-6-12(7-9-13)11-23-18(22)15-3-1-5-16-14(15)4-2-10-20-16/h1-10H,11H2,(H2,19,21). The molecule has 5 heteroatoms. The Morgan fingerprint density at radius 3 is 2.52 bits per heavy atom. The highest BCUT2D eigenvalue weighted by atomic mass is 16.5. The predicted molar refractivity (Wildman–Crippen MR) is 85.8 cm³/mol. The second-order valence-electron chi connectivity index (χ2n) is 5.01. The number of esters is 1. The molecule has 2 N–H and O–H groups in total. The van der Waals surface area contributed by atoms with Gasteiger partial charge in [0.1, 0.15) is 6.61 Å². The van der Waals surface area contributed by atoms with Gasteiger partial charge in [0.15, 0.2) is 0 Å². The van der Waals surface area contributed by atoms with Gasteiger partial charge in [-0.05, 0) is 35.9 Å². The molecule has 0 aliphatic heterocycles. The van der Waals surface area contributed by atoms with Crippen LogP contribution < -0.4 is 5.73 Å². The Kier molecular flexibility index (Phi) is 4.01. The molecular weight excluding hydrogens is 292 g/mol. The summed E-state index contributed by atoms with van der Waals surface area (Å²) in [5.41, 5.74) is 7.60. The van der Waals surface area contributed by atoms with E-state index >= 15 is 0 Å². The van der Waals surface area contributed by atoms with Crippen molar-refractivity contribution in [3.63, 3.8) is 0 Å². The summed E-state index contributed by atoms with van der Waals surface area (Å²) in [5, 5.41) is 0.754. The lowest BCUT2D eigenvalue weighted by atomic mass is 10.1. The third kappa shape index (κ3) is 3.18. The van der Waals surface area contributed by atoms with Crippen LogP contribution in [0.5, 0.6) is 0 Å². The highest BCUT2D eigenvalue weighted by Gasteiger charge is 2.11. The van der Waals surface area contributed by atoms with Crippen LogP contribution in [-0.4, -0.2) is 16.9 Å². The smallest absolute Gasteiger partial charge is 0.339 e. The monoisotopic (exact) mass is 306 g/mol. The number of ether oxygens (including phenoxy) is 1. The average Bonchev–Trinajstić information content (AvgIpc) is 2.59. The summed E-state index contributed by atoms with van der Waals surface area (Å²) in [5.74, 6) is -0.903. The van der Waals surface area contributed by atoms with E-state index in [0.717, 1.165) is 16.5 Å². The number of primary amides is 1. The largest absolute Gasteiger partial charge is 0.457 e. The first-order valence-electron chi connectivity index (χ1n) is 7.05. The Bertz CT molecular complexity index is 868. The fourth-order valence-corrected chi connectivity index (χ4v) is 2.27. The molecule has 0 fully saturated rings. The van der Waals surface area contributed by atoms with Crippen molar-refractivity contribution >= 4 is 22.8 Å². The Morgan fingerprint density at radius 1 is 1.00 bits per heavy atom. The van der Waals surface area contributed by atoms with Gasteiger partial charge in [-0.2, -0.15) is 0 Å². The van der Waals surface area contributed by atoms with Gasteiger partial charge in [-0.25, -0.2) is 4.79 Å². The normalized spacial score (nSPS) is 10.4. The Labute approximate surface area is 132 Å². The zero-order valence-corrected chi connectivity index (χ0v) is 12.2. The number of carbonyl (C=O) groups excluding carboxylic acids is 2. The number of amides is 1. The second kappa shape index (κ2) is 6.27. The maximum absolute atomic E-state index is 12.3. The van der Waals surface area contributed by atoms with Gasteiger partial charge in [0.05, 0.1) is 11.1 Å². The molecule has 1 aromatic heterocycles. The number of hydrogen-bond acceptors (Lipinski definition) is 4. The van der Waals surface area contributed by atoms with Crippen molar-refractivity contribution in [2.75, 3.05) is 0 Å². The number of hydrogen-bond donors (Lipinski definition) is 1. The van der Waals surface area contributed by atoms with Crippen LogP contribution in [0, 0.1) is 0 Å². The van der Waals surface area contributed by atoms with E-state index in [9.17, 15) is 9.59 Å². The van der Waals surface area contributed by atoms with E-state index in [1.807, 2.05) is 12.1 Å². The van der Waals surface area contributed by atoms with Crippen LogP contribution >= 0.6 is 0 Å². The molecule has 1 amide bonds. The molecule has 1 heterocycles. The molecule has 0 aliphatic carbocycles. The third-order valence-corrected chi connectivity index (χ3v) is 3.47.